The van der Waals surface area contributed by atoms with Crippen LogP contribution in [0.15, 0.2) is 46.9 Å². The first-order valence-corrected chi connectivity index (χ1v) is 7.06. The number of carboxylic acids is 1. The van der Waals surface area contributed by atoms with Crippen LogP contribution in [0.3, 0.4) is 0 Å². The molecule has 0 aliphatic heterocycles. The average Bonchev–Trinajstić information content (AvgIpc) is 2.40. The molecule has 0 aliphatic rings. The summed E-state index contributed by atoms with van der Waals surface area (Å²) < 4.78 is 14.5. The molecule has 5 heteroatoms. The zero-order valence-electron chi connectivity index (χ0n) is 10.3. The van der Waals surface area contributed by atoms with Crippen molar-refractivity contribution in [3.63, 3.8) is 0 Å². The molecule has 2 aromatic rings. The highest BCUT2D eigenvalue weighted by Crippen LogP contribution is 2.26. The Bertz CT molecular complexity index is 628. The molecule has 2 rings (SSSR count). The van der Waals surface area contributed by atoms with Crippen LogP contribution in [0.1, 0.15) is 17.0 Å². The third-order valence-corrected chi connectivity index (χ3v) is 3.75. The number of carbonyl (C=O) groups is 1. The van der Waals surface area contributed by atoms with E-state index in [1.165, 1.54) is 6.07 Å². The molecule has 0 aliphatic carbocycles. The maximum atomic E-state index is 13.7. The van der Waals surface area contributed by atoms with Crippen molar-refractivity contribution in [2.45, 2.75) is 12.3 Å². The van der Waals surface area contributed by atoms with Crippen LogP contribution in [-0.4, -0.2) is 11.1 Å². The third-order valence-electron chi connectivity index (χ3n) is 3.00. The molecule has 0 spiro atoms. The quantitative estimate of drug-likeness (QED) is 0.864. The van der Waals surface area contributed by atoms with E-state index in [0.717, 1.165) is 0 Å². The summed E-state index contributed by atoms with van der Waals surface area (Å²) in [6.07, 6.45) is 0.0856. The summed E-state index contributed by atoms with van der Waals surface area (Å²) in [6.45, 7) is 0. The van der Waals surface area contributed by atoms with Crippen LogP contribution in [0.4, 0.5) is 4.39 Å². The molecule has 0 radical (unpaired) electrons. The topological polar surface area (TPSA) is 37.3 Å². The summed E-state index contributed by atoms with van der Waals surface area (Å²) in [4.78, 5) is 11.4. The van der Waals surface area contributed by atoms with Gasteiger partial charge in [0, 0.05) is 9.50 Å². The van der Waals surface area contributed by atoms with Crippen molar-refractivity contribution in [2.75, 3.05) is 0 Å². The van der Waals surface area contributed by atoms with Crippen LogP contribution >= 0.6 is 27.5 Å². The zero-order valence-corrected chi connectivity index (χ0v) is 12.7. The molecule has 1 atom stereocenters. The molecule has 20 heavy (non-hydrogen) atoms. The van der Waals surface area contributed by atoms with Crippen molar-refractivity contribution >= 4 is 33.5 Å². The normalized spacial score (nSPS) is 12.2. The van der Waals surface area contributed by atoms with Crippen molar-refractivity contribution < 1.29 is 14.3 Å². The van der Waals surface area contributed by atoms with Gasteiger partial charge in [0.1, 0.15) is 5.82 Å². The van der Waals surface area contributed by atoms with Crippen LogP contribution in [-0.2, 0) is 11.2 Å². The molecule has 0 bridgehead atoms. The highest BCUT2D eigenvalue weighted by Gasteiger charge is 2.22. The van der Waals surface area contributed by atoms with Crippen molar-refractivity contribution in [1.82, 2.24) is 0 Å². The van der Waals surface area contributed by atoms with Crippen molar-refractivity contribution in [1.29, 1.82) is 0 Å². The summed E-state index contributed by atoms with van der Waals surface area (Å²) in [7, 11) is 0. The Morgan fingerprint density at radius 3 is 2.50 bits per heavy atom. The number of carboxylic acid groups (broad SMARTS) is 1. The van der Waals surface area contributed by atoms with Crippen molar-refractivity contribution in [3.8, 4) is 0 Å². The van der Waals surface area contributed by atoms with Crippen molar-refractivity contribution in [2.24, 2.45) is 0 Å². The molecule has 0 heterocycles. The average molecular weight is 358 g/mol. The number of benzene rings is 2. The standard InChI is InChI=1S/C15H11BrClFO2/c16-11-3-6-14(18)10(7-11)8-13(15(19)20)9-1-4-12(17)5-2-9/h1-7,13H,8H2,(H,19,20). The van der Waals surface area contributed by atoms with Gasteiger partial charge in [0.25, 0.3) is 0 Å². The van der Waals surface area contributed by atoms with Crippen LogP contribution < -0.4 is 0 Å². The molecule has 0 saturated heterocycles. The van der Waals surface area contributed by atoms with Gasteiger partial charge in [-0.25, -0.2) is 4.39 Å². The van der Waals surface area contributed by atoms with Gasteiger partial charge >= 0.3 is 5.97 Å². The second-order valence-corrected chi connectivity index (χ2v) is 5.73. The minimum atomic E-state index is -0.994. The van der Waals surface area contributed by atoms with E-state index < -0.39 is 17.7 Å². The van der Waals surface area contributed by atoms with E-state index in [0.29, 0.717) is 20.6 Å². The summed E-state index contributed by atoms with van der Waals surface area (Å²) in [5.41, 5.74) is 0.961. The summed E-state index contributed by atoms with van der Waals surface area (Å²) >= 11 is 9.05. The number of hydrogen-bond donors (Lipinski definition) is 1. The van der Waals surface area contributed by atoms with Gasteiger partial charge in [-0.2, -0.15) is 0 Å². The lowest BCUT2D eigenvalue weighted by Gasteiger charge is -2.14. The fraction of sp³-hybridized carbons (Fsp3) is 0.133. The Kier molecular flexibility index (Phi) is 4.78. The Morgan fingerprint density at radius 1 is 1.25 bits per heavy atom. The lowest BCUT2D eigenvalue weighted by atomic mass is 9.92. The van der Waals surface area contributed by atoms with Gasteiger partial charge in [-0.1, -0.05) is 39.7 Å². The van der Waals surface area contributed by atoms with Crippen LogP contribution in [0.2, 0.25) is 5.02 Å². The number of halogens is 3. The molecule has 0 fully saturated rings. The Balaban J connectivity index is 2.32. The van der Waals surface area contributed by atoms with Gasteiger partial charge in [0.2, 0.25) is 0 Å². The molecule has 0 amide bonds. The third kappa shape index (κ3) is 3.58. The zero-order chi connectivity index (χ0) is 14.7. The number of hydrogen-bond acceptors (Lipinski definition) is 1. The first-order chi connectivity index (χ1) is 9.47. The minimum absolute atomic E-state index is 0.0856. The monoisotopic (exact) mass is 356 g/mol. The summed E-state index contributed by atoms with van der Waals surface area (Å²) in [5.74, 6) is -2.21. The maximum absolute atomic E-state index is 13.7. The highest BCUT2D eigenvalue weighted by molar-refractivity contribution is 9.10. The second kappa shape index (κ2) is 6.37. The largest absolute Gasteiger partial charge is 0.481 e. The smallest absolute Gasteiger partial charge is 0.311 e. The van der Waals surface area contributed by atoms with E-state index in [1.807, 2.05) is 0 Å². The molecule has 104 valence electrons. The van der Waals surface area contributed by atoms with E-state index in [-0.39, 0.29) is 6.42 Å². The first kappa shape index (κ1) is 15.0. The lowest BCUT2D eigenvalue weighted by molar-refractivity contribution is -0.138. The molecular weight excluding hydrogens is 347 g/mol. The SMILES string of the molecule is O=C(O)C(Cc1cc(Br)ccc1F)c1ccc(Cl)cc1. The summed E-state index contributed by atoms with van der Waals surface area (Å²) in [5, 5.41) is 9.88. The minimum Gasteiger partial charge on any atom is -0.481 e. The molecule has 1 unspecified atom stereocenters. The molecular formula is C15H11BrClFO2. The lowest BCUT2D eigenvalue weighted by Crippen LogP contribution is -2.15. The van der Waals surface area contributed by atoms with Gasteiger partial charge in [-0.05, 0) is 47.9 Å². The Morgan fingerprint density at radius 2 is 1.90 bits per heavy atom. The molecule has 0 saturated carbocycles. The first-order valence-electron chi connectivity index (χ1n) is 5.89. The Hall–Kier alpha value is -1.39. The van der Waals surface area contributed by atoms with Gasteiger partial charge < -0.3 is 5.11 Å². The van der Waals surface area contributed by atoms with Gasteiger partial charge in [0.15, 0.2) is 0 Å². The molecule has 2 aromatic carbocycles. The van der Waals surface area contributed by atoms with Crippen LogP contribution in [0, 0.1) is 5.82 Å². The predicted molar refractivity (Wildman–Crippen MR) is 79.6 cm³/mol. The van der Waals surface area contributed by atoms with Crippen LogP contribution in [0.25, 0.3) is 0 Å². The fourth-order valence-corrected chi connectivity index (χ4v) is 2.50. The predicted octanol–water partition coefficient (Wildman–Crippen LogP) is 4.65. The van der Waals surface area contributed by atoms with E-state index >= 15 is 0 Å². The van der Waals surface area contributed by atoms with Gasteiger partial charge in [-0.15, -0.1) is 0 Å². The van der Waals surface area contributed by atoms with Crippen LogP contribution in [0.5, 0.6) is 0 Å². The van der Waals surface area contributed by atoms with E-state index in [2.05, 4.69) is 15.9 Å². The maximum Gasteiger partial charge on any atom is 0.311 e. The molecule has 1 N–H and O–H groups in total. The Labute approximate surface area is 129 Å². The van der Waals surface area contributed by atoms with Gasteiger partial charge in [-0.3, -0.25) is 4.79 Å². The summed E-state index contributed by atoms with van der Waals surface area (Å²) in [6, 6.07) is 11.1. The number of aliphatic carboxylic acids is 1. The fourth-order valence-electron chi connectivity index (χ4n) is 1.96. The highest BCUT2D eigenvalue weighted by atomic mass is 79.9. The van der Waals surface area contributed by atoms with E-state index in [4.69, 9.17) is 11.6 Å². The molecule has 0 aromatic heterocycles. The van der Waals surface area contributed by atoms with Gasteiger partial charge in [0.05, 0.1) is 5.92 Å². The van der Waals surface area contributed by atoms with Crippen molar-refractivity contribution in [3.05, 3.63) is 68.9 Å². The molecule has 2 nitrogen and oxygen atoms in total. The van der Waals surface area contributed by atoms with E-state index in [9.17, 15) is 14.3 Å². The number of rotatable bonds is 4. The van der Waals surface area contributed by atoms with E-state index in [1.54, 1.807) is 36.4 Å². The second-order valence-electron chi connectivity index (χ2n) is 4.38.